The van der Waals surface area contributed by atoms with Gasteiger partial charge in [-0.05, 0) is 6.07 Å². The molecule has 1 heterocycles. The predicted molar refractivity (Wildman–Crippen MR) is 50.0 cm³/mol. The lowest BCUT2D eigenvalue weighted by Gasteiger charge is -1.84. The molecule has 0 radical (unpaired) electrons. The van der Waals surface area contributed by atoms with Gasteiger partial charge in [0.1, 0.15) is 11.7 Å². The molecule has 0 unspecified atom stereocenters. The molecule has 1 aromatic heterocycles. The predicted octanol–water partition coefficient (Wildman–Crippen LogP) is 1.42. The zero-order valence-corrected chi connectivity index (χ0v) is 7.84. The molecular weight excluding hydrogens is 186 g/mol. The number of carbonyl (C=O) groups is 1. The Balaban J connectivity index is 2.81. The van der Waals surface area contributed by atoms with E-state index >= 15 is 0 Å². The van der Waals surface area contributed by atoms with Crippen molar-refractivity contribution >= 4 is 27.5 Å². The Morgan fingerprint density at radius 1 is 1.46 bits per heavy atom. The first kappa shape index (κ1) is 8.19. The van der Waals surface area contributed by atoms with Gasteiger partial charge in [-0.1, -0.05) is 23.5 Å². The number of nitrogens with zero attached hydrogens (tertiary/aromatic N) is 1. The Morgan fingerprint density at radius 3 is 2.77 bits per heavy atom. The number of aromatic nitrogens is 1. The third kappa shape index (κ3) is 1.19. The molecule has 2 rings (SSSR count). The van der Waals surface area contributed by atoms with Crippen LogP contribution in [0.25, 0.3) is 10.2 Å². The number of carboxylic acids is 1. The normalized spacial score (nSPS) is 10.5. The molecule has 0 amide bonds. The summed E-state index contributed by atoms with van der Waals surface area (Å²) in [5, 5.41) is 9.22. The maximum absolute atomic E-state index is 10.8. The van der Waals surface area contributed by atoms with Crippen LogP contribution in [0.5, 0.6) is 0 Å². The van der Waals surface area contributed by atoms with Gasteiger partial charge in [0.15, 0.2) is 0 Å². The van der Waals surface area contributed by atoms with Crippen LogP contribution in [0.15, 0.2) is 24.3 Å². The molecule has 0 saturated heterocycles. The molecule has 66 valence electrons. The fraction of sp³-hybridized carbons (Fsp3) is 0.111. The number of para-hydroxylation sites is 1. The molecule has 3 nitrogen and oxygen atoms in total. The summed E-state index contributed by atoms with van der Waals surface area (Å²) < 4.78 is 2.70. The van der Waals surface area contributed by atoms with Crippen molar-refractivity contribution in [3.63, 3.8) is 0 Å². The van der Waals surface area contributed by atoms with Gasteiger partial charge in [0.2, 0.25) is 5.52 Å². The second-order valence-electron chi connectivity index (χ2n) is 2.74. The number of hydrogen-bond acceptors (Lipinski definition) is 2. The van der Waals surface area contributed by atoms with E-state index in [-0.39, 0.29) is 0 Å². The van der Waals surface area contributed by atoms with Crippen molar-refractivity contribution in [1.29, 1.82) is 0 Å². The lowest BCUT2D eigenvalue weighted by Crippen LogP contribution is -2.33. The van der Waals surface area contributed by atoms with Gasteiger partial charge in [0, 0.05) is 6.07 Å². The molecule has 4 heteroatoms. The number of rotatable bonds is 1. The van der Waals surface area contributed by atoms with Gasteiger partial charge < -0.3 is 5.11 Å². The van der Waals surface area contributed by atoms with E-state index in [9.17, 15) is 4.79 Å². The van der Waals surface area contributed by atoms with Gasteiger partial charge in [-0.15, -0.1) is 0 Å². The second-order valence-corrected chi connectivity index (χ2v) is 3.77. The van der Waals surface area contributed by atoms with Crippen molar-refractivity contribution in [3.05, 3.63) is 29.3 Å². The van der Waals surface area contributed by atoms with Crippen LogP contribution in [0, 0.1) is 0 Å². The summed E-state index contributed by atoms with van der Waals surface area (Å²) >= 11 is 1.30. The number of carboxylic acid groups (broad SMARTS) is 1. The van der Waals surface area contributed by atoms with Crippen molar-refractivity contribution in [2.75, 3.05) is 0 Å². The van der Waals surface area contributed by atoms with Crippen molar-refractivity contribution in [1.82, 2.24) is 0 Å². The molecule has 0 bridgehead atoms. The summed E-state index contributed by atoms with van der Waals surface area (Å²) in [4.78, 5) is 10.8. The van der Waals surface area contributed by atoms with Gasteiger partial charge in [-0.2, -0.15) is 4.57 Å². The summed E-state index contributed by atoms with van der Waals surface area (Å²) in [6, 6.07) is 7.65. The highest BCUT2D eigenvalue weighted by atomic mass is 32.1. The minimum absolute atomic E-state index is 0.362. The van der Waals surface area contributed by atoms with Crippen LogP contribution in [-0.2, 0) is 7.05 Å². The fourth-order valence-electron chi connectivity index (χ4n) is 1.29. The molecular formula is C9H8NO2S+. The average molecular weight is 194 g/mol. The number of benzene rings is 1. The topological polar surface area (TPSA) is 41.2 Å². The summed E-state index contributed by atoms with van der Waals surface area (Å²) in [7, 11) is 1.77. The van der Waals surface area contributed by atoms with Crippen LogP contribution in [0.4, 0.5) is 0 Å². The summed E-state index contributed by atoms with van der Waals surface area (Å²) in [6.07, 6.45) is 0. The molecule has 0 saturated carbocycles. The second kappa shape index (κ2) is 2.81. The van der Waals surface area contributed by atoms with Crippen molar-refractivity contribution < 1.29 is 14.5 Å². The number of thiazole rings is 1. The number of aryl methyl sites for hydroxylation is 1. The van der Waals surface area contributed by atoms with E-state index in [2.05, 4.69) is 0 Å². The van der Waals surface area contributed by atoms with E-state index in [4.69, 9.17) is 5.11 Å². The van der Waals surface area contributed by atoms with Crippen molar-refractivity contribution in [2.45, 2.75) is 0 Å². The Kier molecular flexibility index (Phi) is 1.77. The molecule has 0 aliphatic heterocycles. The largest absolute Gasteiger partial charge is 0.473 e. The Labute approximate surface area is 78.9 Å². The van der Waals surface area contributed by atoms with E-state index < -0.39 is 5.97 Å². The van der Waals surface area contributed by atoms with Crippen LogP contribution >= 0.6 is 11.3 Å². The van der Waals surface area contributed by atoms with E-state index in [1.54, 1.807) is 11.6 Å². The molecule has 0 spiro atoms. The summed E-state index contributed by atoms with van der Waals surface area (Å²) in [5.74, 6) is -0.872. The number of hydrogen-bond donors (Lipinski definition) is 1. The van der Waals surface area contributed by atoms with Crippen LogP contribution < -0.4 is 4.57 Å². The monoisotopic (exact) mass is 194 g/mol. The van der Waals surface area contributed by atoms with E-state index in [0.717, 1.165) is 10.2 Å². The zero-order chi connectivity index (χ0) is 9.42. The lowest BCUT2D eigenvalue weighted by atomic mass is 10.3. The molecule has 1 aromatic carbocycles. The minimum atomic E-state index is -0.872. The maximum atomic E-state index is 10.8. The summed E-state index contributed by atoms with van der Waals surface area (Å²) in [6.45, 7) is 0. The zero-order valence-electron chi connectivity index (χ0n) is 7.02. The van der Waals surface area contributed by atoms with Crippen molar-refractivity contribution in [3.8, 4) is 0 Å². The van der Waals surface area contributed by atoms with E-state index in [1.807, 2.05) is 24.3 Å². The average Bonchev–Trinajstić information content (AvgIpc) is 2.45. The van der Waals surface area contributed by atoms with Crippen LogP contribution in [-0.4, -0.2) is 11.1 Å². The Morgan fingerprint density at radius 2 is 2.15 bits per heavy atom. The molecule has 13 heavy (non-hydrogen) atoms. The van der Waals surface area contributed by atoms with Gasteiger partial charge in [0.05, 0.1) is 0 Å². The van der Waals surface area contributed by atoms with Gasteiger partial charge in [-0.3, -0.25) is 0 Å². The van der Waals surface area contributed by atoms with Crippen molar-refractivity contribution in [2.24, 2.45) is 7.05 Å². The number of aromatic carboxylic acids is 1. The van der Waals surface area contributed by atoms with Crippen LogP contribution in [0.2, 0.25) is 0 Å². The first-order chi connectivity index (χ1) is 6.20. The third-order valence-electron chi connectivity index (χ3n) is 1.92. The highest BCUT2D eigenvalue weighted by Gasteiger charge is 2.22. The highest BCUT2D eigenvalue weighted by Crippen LogP contribution is 2.18. The smallest absolute Gasteiger partial charge is 0.412 e. The van der Waals surface area contributed by atoms with E-state index in [1.165, 1.54) is 11.3 Å². The minimum Gasteiger partial charge on any atom is -0.473 e. The fourth-order valence-corrected chi connectivity index (χ4v) is 2.28. The highest BCUT2D eigenvalue weighted by molar-refractivity contribution is 7.19. The maximum Gasteiger partial charge on any atom is 0.412 e. The molecule has 1 N–H and O–H groups in total. The molecule has 0 atom stereocenters. The van der Waals surface area contributed by atoms with Gasteiger partial charge in [0.25, 0.3) is 0 Å². The Bertz CT molecular complexity index is 475. The first-order valence-electron chi connectivity index (χ1n) is 3.81. The quantitative estimate of drug-likeness (QED) is 0.697. The van der Waals surface area contributed by atoms with Crippen LogP contribution in [0.1, 0.15) is 9.80 Å². The van der Waals surface area contributed by atoms with Gasteiger partial charge in [-0.25, -0.2) is 4.79 Å². The summed E-state index contributed by atoms with van der Waals surface area (Å²) in [5.41, 5.74) is 0.963. The lowest BCUT2D eigenvalue weighted by molar-refractivity contribution is -0.643. The SMILES string of the molecule is C[n+]1c(C(=O)O)sc2ccccc21. The van der Waals surface area contributed by atoms with Crippen LogP contribution in [0.3, 0.4) is 0 Å². The molecule has 0 aliphatic rings. The first-order valence-corrected chi connectivity index (χ1v) is 4.62. The molecule has 0 aliphatic carbocycles. The third-order valence-corrected chi connectivity index (χ3v) is 3.13. The van der Waals surface area contributed by atoms with E-state index in [0.29, 0.717) is 5.01 Å². The number of fused-ring (bicyclic) bond motifs is 1. The standard InChI is InChI=1S/C9H7NO2S/c1-10-6-4-2-3-5-7(6)13-8(10)9(11)12/h2-5H,1H3/p+1. The molecule has 0 fully saturated rings. The molecule has 2 aromatic rings. The van der Waals surface area contributed by atoms with Gasteiger partial charge >= 0.3 is 11.0 Å². The Hall–Kier alpha value is -1.42.